The number of nitrogens with zero attached hydrogens (tertiary/aromatic N) is 4. The highest BCUT2D eigenvalue weighted by atomic mass is 16.5. The Balaban J connectivity index is 2.02. The molecule has 0 aliphatic rings. The topological polar surface area (TPSA) is 76.6 Å². The van der Waals surface area contributed by atoms with E-state index in [-0.39, 0.29) is 0 Å². The second kappa shape index (κ2) is 5.08. The Morgan fingerprint density at radius 2 is 2.05 bits per heavy atom. The lowest BCUT2D eigenvalue weighted by molar-refractivity contribution is 0.413. The van der Waals surface area contributed by atoms with Crippen LogP contribution in [0.25, 0.3) is 22.6 Å². The van der Waals surface area contributed by atoms with Crippen molar-refractivity contribution in [2.75, 3.05) is 7.11 Å². The van der Waals surface area contributed by atoms with Gasteiger partial charge in [-0.15, -0.1) is 0 Å². The summed E-state index contributed by atoms with van der Waals surface area (Å²) in [6.07, 6.45) is 5.19. The van der Waals surface area contributed by atoms with Gasteiger partial charge >= 0.3 is 0 Å². The highest BCUT2D eigenvalue weighted by molar-refractivity contribution is 5.68. The summed E-state index contributed by atoms with van der Waals surface area (Å²) in [6.45, 7) is 1.85. The molecule has 6 heteroatoms. The Bertz CT molecular complexity index is 738. The van der Waals surface area contributed by atoms with Crippen LogP contribution >= 0.6 is 0 Å². The molecule has 20 heavy (non-hydrogen) atoms. The first-order chi connectivity index (χ1) is 9.76. The average molecular weight is 267 g/mol. The minimum Gasteiger partial charge on any atom is -0.495 e. The zero-order valence-electron chi connectivity index (χ0n) is 11.2. The summed E-state index contributed by atoms with van der Waals surface area (Å²) in [4.78, 5) is 12.7. The number of methoxy groups -OCH3 is 1. The van der Waals surface area contributed by atoms with Gasteiger partial charge in [-0.2, -0.15) is 5.10 Å². The van der Waals surface area contributed by atoms with Crippen molar-refractivity contribution < 1.29 is 4.74 Å². The van der Waals surface area contributed by atoms with Crippen LogP contribution in [-0.4, -0.2) is 32.3 Å². The lowest BCUT2D eigenvalue weighted by atomic mass is 10.1. The Morgan fingerprint density at radius 1 is 1.15 bits per heavy atom. The Morgan fingerprint density at radius 3 is 2.80 bits per heavy atom. The number of rotatable bonds is 3. The van der Waals surface area contributed by atoms with E-state index in [9.17, 15) is 0 Å². The van der Waals surface area contributed by atoms with Gasteiger partial charge in [-0.25, -0.2) is 4.98 Å². The molecule has 0 spiro atoms. The average Bonchev–Trinajstić information content (AvgIpc) is 2.94. The van der Waals surface area contributed by atoms with Crippen molar-refractivity contribution in [3.63, 3.8) is 0 Å². The van der Waals surface area contributed by atoms with Crippen LogP contribution in [0.5, 0.6) is 5.75 Å². The molecule has 0 unspecified atom stereocenters. The molecule has 0 aromatic carbocycles. The summed E-state index contributed by atoms with van der Waals surface area (Å²) < 4.78 is 5.19. The SMILES string of the molecule is COc1cncc(-c2ccnc(-c3n[nH]c(C)n3)c2)c1. The van der Waals surface area contributed by atoms with E-state index in [1.807, 2.05) is 25.1 Å². The van der Waals surface area contributed by atoms with E-state index in [1.54, 1.807) is 25.7 Å². The van der Waals surface area contributed by atoms with Gasteiger partial charge in [-0.1, -0.05) is 0 Å². The van der Waals surface area contributed by atoms with Crippen molar-refractivity contribution in [1.82, 2.24) is 25.1 Å². The van der Waals surface area contributed by atoms with Crippen LogP contribution in [0.2, 0.25) is 0 Å². The maximum absolute atomic E-state index is 5.19. The summed E-state index contributed by atoms with van der Waals surface area (Å²) in [7, 11) is 1.62. The summed E-state index contributed by atoms with van der Waals surface area (Å²) in [5.74, 6) is 2.06. The van der Waals surface area contributed by atoms with E-state index >= 15 is 0 Å². The fourth-order valence-corrected chi connectivity index (χ4v) is 1.88. The Hall–Kier alpha value is -2.76. The van der Waals surface area contributed by atoms with Crippen molar-refractivity contribution in [2.45, 2.75) is 6.92 Å². The van der Waals surface area contributed by atoms with Gasteiger partial charge in [0, 0.05) is 18.0 Å². The lowest BCUT2D eigenvalue weighted by Gasteiger charge is -2.04. The quantitative estimate of drug-likeness (QED) is 0.787. The molecule has 0 saturated heterocycles. The minimum atomic E-state index is 0.584. The number of hydrogen-bond acceptors (Lipinski definition) is 5. The normalized spacial score (nSPS) is 10.5. The van der Waals surface area contributed by atoms with Gasteiger partial charge in [-0.3, -0.25) is 15.1 Å². The van der Waals surface area contributed by atoms with Crippen molar-refractivity contribution >= 4 is 0 Å². The van der Waals surface area contributed by atoms with Crippen molar-refractivity contribution in [1.29, 1.82) is 0 Å². The van der Waals surface area contributed by atoms with E-state index in [1.165, 1.54) is 0 Å². The number of pyridine rings is 2. The molecule has 1 N–H and O–H groups in total. The van der Waals surface area contributed by atoms with Crippen LogP contribution in [-0.2, 0) is 0 Å². The molecule has 100 valence electrons. The minimum absolute atomic E-state index is 0.584. The van der Waals surface area contributed by atoms with Gasteiger partial charge in [0.05, 0.1) is 13.3 Å². The fraction of sp³-hybridized carbons (Fsp3) is 0.143. The summed E-state index contributed by atoms with van der Waals surface area (Å²) in [5, 5.41) is 6.93. The maximum Gasteiger partial charge on any atom is 0.199 e. The first kappa shape index (κ1) is 12.3. The smallest absolute Gasteiger partial charge is 0.199 e. The predicted octanol–water partition coefficient (Wildman–Crippen LogP) is 2.25. The molecule has 0 aliphatic carbocycles. The number of ether oxygens (including phenoxy) is 1. The van der Waals surface area contributed by atoms with Crippen LogP contribution in [0.1, 0.15) is 5.82 Å². The number of H-pyrrole nitrogens is 1. The van der Waals surface area contributed by atoms with Crippen LogP contribution in [0.4, 0.5) is 0 Å². The molecule has 3 heterocycles. The number of aromatic amines is 1. The summed E-state index contributed by atoms with van der Waals surface area (Å²) >= 11 is 0. The highest BCUT2D eigenvalue weighted by Crippen LogP contribution is 2.24. The van der Waals surface area contributed by atoms with Crippen LogP contribution in [0, 0.1) is 6.92 Å². The van der Waals surface area contributed by atoms with Crippen molar-refractivity contribution in [2.24, 2.45) is 0 Å². The molecule has 6 nitrogen and oxygen atoms in total. The Labute approximate surface area is 115 Å². The summed E-state index contributed by atoms with van der Waals surface area (Å²) in [5.41, 5.74) is 2.67. The third-order valence-corrected chi connectivity index (χ3v) is 2.87. The van der Waals surface area contributed by atoms with E-state index in [4.69, 9.17) is 4.74 Å². The third kappa shape index (κ3) is 2.35. The molecule has 3 aromatic rings. The predicted molar refractivity (Wildman–Crippen MR) is 74.1 cm³/mol. The largest absolute Gasteiger partial charge is 0.495 e. The van der Waals surface area contributed by atoms with Gasteiger partial charge in [0.15, 0.2) is 5.82 Å². The fourth-order valence-electron chi connectivity index (χ4n) is 1.88. The number of aromatic nitrogens is 5. The molecule has 3 rings (SSSR count). The molecular weight excluding hydrogens is 254 g/mol. The van der Waals surface area contributed by atoms with Crippen molar-refractivity contribution in [3.05, 3.63) is 42.6 Å². The van der Waals surface area contributed by atoms with Crippen LogP contribution in [0.3, 0.4) is 0 Å². The number of nitrogens with one attached hydrogen (secondary N) is 1. The molecule has 0 radical (unpaired) electrons. The first-order valence-corrected chi connectivity index (χ1v) is 6.11. The highest BCUT2D eigenvalue weighted by Gasteiger charge is 2.07. The molecular formula is C14H13N5O. The zero-order valence-corrected chi connectivity index (χ0v) is 11.2. The van der Waals surface area contributed by atoms with Gasteiger partial charge in [0.25, 0.3) is 0 Å². The molecule has 0 saturated carbocycles. The molecule has 3 aromatic heterocycles. The summed E-state index contributed by atoms with van der Waals surface area (Å²) in [6, 6.07) is 5.77. The second-order valence-electron chi connectivity index (χ2n) is 4.29. The van der Waals surface area contributed by atoms with E-state index < -0.39 is 0 Å². The van der Waals surface area contributed by atoms with Crippen molar-refractivity contribution in [3.8, 4) is 28.4 Å². The molecule has 0 atom stereocenters. The first-order valence-electron chi connectivity index (χ1n) is 6.11. The molecule has 0 fully saturated rings. The molecule has 0 aliphatic heterocycles. The monoisotopic (exact) mass is 267 g/mol. The molecule has 0 amide bonds. The zero-order chi connectivity index (χ0) is 13.9. The van der Waals surface area contributed by atoms with Gasteiger partial charge < -0.3 is 4.74 Å². The van der Waals surface area contributed by atoms with E-state index in [0.717, 1.165) is 28.4 Å². The Kier molecular flexibility index (Phi) is 3.12. The van der Waals surface area contributed by atoms with Crippen LogP contribution < -0.4 is 4.74 Å². The maximum atomic E-state index is 5.19. The van der Waals surface area contributed by atoms with Gasteiger partial charge in [0.1, 0.15) is 17.3 Å². The standard InChI is InChI=1S/C14H13N5O/c1-9-17-14(19-18-9)13-6-10(3-4-16-13)11-5-12(20-2)8-15-7-11/h3-8H,1-2H3,(H,17,18,19). The number of aryl methyl sites for hydroxylation is 1. The second-order valence-corrected chi connectivity index (χ2v) is 4.29. The van der Waals surface area contributed by atoms with Gasteiger partial charge in [-0.05, 0) is 30.7 Å². The van der Waals surface area contributed by atoms with Gasteiger partial charge in [0.2, 0.25) is 0 Å². The van der Waals surface area contributed by atoms with E-state index in [2.05, 4.69) is 25.1 Å². The molecule has 0 bridgehead atoms. The van der Waals surface area contributed by atoms with Crippen LogP contribution in [0.15, 0.2) is 36.8 Å². The van der Waals surface area contributed by atoms with E-state index in [0.29, 0.717) is 5.82 Å². The third-order valence-electron chi connectivity index (χ3n) is 2.87. The number of hydrogen-bond donors (Lipinski definition) is 1. The lowest BCUT2D eigenvalue weighted by Crippen LogP contribution is -1.89.